The van der Waals surface area contributed by atoms with Gasteiger partial charge in [-0.25, -0.2) is 5.84 Å². The van der Waals surface area contributed by atoms with Crippen molar-refractivity contribution in [3.63, 3.8) is 0 Å². The van der Waals surface area contributed by atoms with E-state index >= 15 is 0 Å². The van der Waals surface area contributed by atoms with Crippen molar-refractivity contribution >= 4 is 11.8 Å². The number of amides is 2. The smallest absolute Gasteiger partial charge is 0.323 e. The van der Waals surface area contributed by atoms with Crippen LogP contribution in [0, 0.1) is 0 Å². The zero-order valence-corrected chi connectivity index (χ0v) is 8.12. The fraction of sp³-hybridized carbons (Fsp3) is 0.750. The summed E-state index contributed by atoms with van der Waals surface area (Å²) in [6.45, 7) is 2.50. The van der Waals surface area contributed by atoms with Crippen LogP contribution in [0.2, 0.25) is 0 Å². The topological polar surface area (TPSA) is 95.7 Å². The summed E-state index contributed by atoms with van der Waals surface area (Å²) >= 11 is 0. The molecular formula is C8H15N3O3. The van der Waals surface area contributed by atoms with Crippen molar-refractivity contribution in [2.45, 2.75) is 25.4 Å². The van der Waals surface area contributed by atoms with E-state index in [1.165, 1.54) is 4.90 Å². The predicted octanol–water partition coefficient (Wildman–Crippen LogP) is -1.65. The van der Waals surface area contributed by atoms with Crippen LogP contribution in [0.15, 0.2) is 0 Å². The van der Waals surface area contributed by atoms with Gasteiger partial charge < -0.3 is 10.0 Å². The molecule has 1 heterocycles. The molecule has 1 aliphatic rings. The molecule has 1 fully saturated rings. The maximum atomic E-state index is 11.3. The first-order chi connectivity index (χ1) is 6.46. The predicted molar refractivity (Wildman–Crippen MR) is 48.8 cm³/mol. The number of nitrogens with zero attached hydrogens (tertiary/aromatic N) is 1. The largest absolute Gasteiger partial charge is 0.390 e. The van der Waals surface area contributed by atoms with Crippen LogP contribution < -0.4 is 11.3 Å². The Balaban J connectivity index is 2.50. The van der Waals surface area contributed by atoms with Gasteiger partial charge in [0.2, 0.25) is 0 Å². The average Bonchev–Trinajstić information content (AvgIpc) is 2.15. The highest BCUT2D eigenvalue weighted by Crippen LogP contribution is 2.20. The third kappa shape index (κ3) is 2.43. The minimum absolute atomic E-state index is 0.388. The molecule has 0 aliphatic carbocycles. The highest BCUT2D eigenvalue weighted by atomic mass is 16.3. The normalized spacial score (nSPS) is 20.4. The van der Waals surface area contributed by atoms with Gasteiger partial charge >= 0.3 is 11.8 Å². The lowest BCUT2D eigenvalue weighted by Crippen LogP contribution is -2.51. The van der Waals surface area contributed by atoms with Gasteiger partial charge in [0.25, 0.3) is 0 Å². The number of rotatable bonds is 0. The minimum atomic E-state index is -0.813. The van der Waals surface area contributed by atoms with Crippen molar-refractivity contribution < 1.29 is 14.7 Å². The highest BCUT2D eigenvalue weighted by molar-refractivity contribution is 6.34. The Morgan fingerprint density at radius 2 is 1.93 bits per heavy atom. The molecule has 0 radical (unpaired) electrons. The van der Waals surface area contributed by atoms with E-state index in [-0.39, 0.29) is 0 Å². The number of hydrogen-bond donors (Lipinski definition) is 3. The summed E-state index contributed by atoms with van der Waals surface area (Å²) in [5, 5.41) is 9.61. The fourth-order valence-corrected chi connectivity index (χ4v) is 1.40. The molecule has 0 bridgehead atoms. The Hall–Kier alpha value is -1.14. The lowest BCUT2D eigenvalue weighted by molar-refractivity contribution is -0.148. The van der Waals surface area contributed by atoms with Crippen molar-refractivity contribution in [2.24, 2.45) is 5.84 Å². The van der Waals surface area contributed by atoms with Gasteiger partial charge in [-0.3, -0.25) is 15.0 Å². The van der Waals surface area contributed by atoms with Crippen molar-refractivity contribution in [3.8, 4) is 0 Å². The Kier molecular flexibility index (Phi) is 3.07. The molecule has 0 saturated carbocycles. The Labute approximate surface area is 82.0 Å². The maximum absolute atomic E-state index is 11.3. The standard InChI is InChI=1S/C8H15N3O3/c1-8(14)2-4-11(5-3-8)7(13)6(12)10-9/h14H,2-5,9H2,1H3,(H,10,12). The van der Waals surface area contributed by atoms with Crippen molar-refractivity contribution in [2.75, 3.05) is 13.1 Å². The molecule has 0 atom stereocenters. The zero-order valence-electron chi connectivity index (χ0n) is 8.12. The lowest BCUT2D eigenvalue weighted by Gasteiger charge is -2.35. The molecule has 2 amide bonds. The van der Waals surface area contributed by atoms with E-state index in [1.807, 2.05) is 0 Å². The van der Waals surface area contributed by atoms with Gasteiger partial charge in [-0.05, 0) is 19.8 Å². The summed E-state index contributed by atoms with van der Waals surface area (Å²) in [6, 6.07) is 0. The molecule has 0 aromatic rings. The molecule has 0 aromatic carbocycles. The summed E-state index contributed by atoms with van der Waals surface area (Å²) < 4.78 is 0. The van der Waals surface area contributed by atoms with Gasteiger partial charge in [-0.2, -0.15) is 0 Å². The van der Waals surface area contributed by atoms with Crippen LogP contribution in [-0.2, 0) is 9.59 Å². The number of carbonyl (C=O) groups is 2. The van der Waals surface area contributed by atoms with Crippen LogP contribution in [0.4, 0.5) is 0 Å². The van der Waals surface area contributed by atoms with Crippen molar-refractivity contribution in [3.05, 3.63) is 0 Å². The summed E-state index contributed by atoms with van der Waals surface area (Å²) in [5.74, 6) is 3.39. The zero-order chi connectivity index (χ0) is 10.8. The fourth-order valence-electron chi connectivity index (χ4n) is 1.40. The first kappa shape index (κ1) is 10.9. The van der Waals surface area contributed by atoms with Crippen LogP contribution in [0.5, 0.6) is 0 Å². The molecule has 6 heteroatoms. The summed E-state index contributed by atoms with van der Waals surface area (Å²) in [6.07, 6.45) is 0.965. The molecule has 0 unspecified atom stereocenters. The van der Waals surface area contributed by atoms with Gasteiger partial charge in [0.05, 0.1) is 5.60 Å². The molecule has 80 valence electrons. The number of aliphatic hydroxyl groups is 1. The maximum Gasteiger partial charge on any atom is 0.323 e. The van der Waals surface area contributed by atoms with E-state index in [9.17, 15) is 14.7 Å². The summed E-state index contributed by atoms with van der Waals surface area (Å²) in [5.41, 5.74) is 1.06. The molecular weight excluding hydrogens is 186 g/mol. The molecule has 14 heavy (non-hydrogen) atoms. The minimum Gasteiger partial charge on any atom is -0.390 e. The second kappa shape index (κ2) is 3.93. The number of nitrogens with one attached hydrogen (secondary N) is 1. The summed E-state index contributed by atoms with van der Waals surface area (Å²) in [7, 11) is 0. The van der Waals surface area contributed by atoms with Gasteiger partial charge in [-0.15, -0.1) is 0 Å². The monoisotopic (exact) mass is 201 g/mol. The number of nitrogens with two attached hydrogens (primary N) is 1. The molecule has 1 rings (SSSR count). The molecule has 1 saturated heterocycles. The Morgan fingerprint density at radius 3 is 2.36 bits per heavy atom. The van der Waals surface area contributed by atoms with E-state index in [2.05, 4.69) is 0 Å². The van der Waals surface area contributed by atoms with E-state index in [0.717, 1.165) is 0 Å². The van der Waals surface area contributed by atoms with E-state index in [4.69, 9.17) is 5.84 Å². The lowest BCUT2D eigenvalue weighted by atomic mass is 9.94. The molecule has 6 nitrogen and oxygen atoms in total. The van der Waals surface area contributed by atoms with E-state index < -0.39 is 17.4 Å². The quantitative estimate of drug-likeness (QED) is 0.189. The number of hydrazine groups is 1. The van der Waals surface area contributed by atoms with Crippen LogP contribution >= 0.6 is 0 Å². The van der Waals surface area contributed by atoms with Crippen LogP contribution in [0.25, 0.3) is 0 Å². The number of likely N-dealkylation sites (tertiary alicyclic amines) is 1. The van der Waals surface area contributed by atoms with E-state index in [1.54, 1.807) is 12.3 Å². The van der Waals surface area contributed by atoms with Gasteiger partial charge in [0.1, 0.15) is 0 Å². The third-order valence-electron chi connectivity index (χ3n) is 2.45. The first-order valence-electron chi connectivity index (χ1n) is 4.48. The molecule has 0 aromatic heterocycles. The SMILES string of the molecule is CC1(O)CCN(C(=O)C(=O)NN)CC1. The number of carbonyl (C=O) groups excluding carboxylic acids is 2. The Bertz CT molecular complexity index is 242. The van der Waals surface area contributed by atoms with Gasteiger partial charge in [0, 0.05) is 13.1 Å². The summed E-state index contributed by atoms with van der Waals surface area (Å²) in [4.78, 5) is 23.6. The second-order valence-electron chi connectivity index (χ2n) is 3.76. The van der Waals surface area contributed by atoms with Gasteiger partial charge in [-0.1, -0.05) is 0 Å². The first-order valence-corrected chi connectivity index (χ1v) is 4.48. The molecule has 4 N–H and O–H groups in total. The number of piperidine rings is 1. The molecule has 0 spiro atoms. The van der Waals surface area contributed by atoms with Crippen molar-refractivity contribution in [1.29, 1.82) is 0 Å². The average molecular weight is 201 g/mol. The van der Waals surface area contributed by atoms with Gasteiger partial charge in [0.15, 0.2) is 0 Å². The highest BCUT2D eigenvalue weighted by Gasteiger charge is 2.31. The second-order valence-corrected chi connectivity index (χ2v) is 3.76. The third-order valence-corrected chi connectivity index (χ3v) is 2.45. The Morgan fingerprint density at radius 1 is 1.43 bits per heavy atom. The molecule has 1 aliphatic heterocycles. The van der Waals surface area contributed by atoms with Crippen molar-refractivity contribution in [1.82, 2.24) is 10.3 Å². The van der Waals surface area contributed by atoms with Crippen LogP contribution in [-0.4, -0.2) is 40.5 Å². The number of hydrogen-bond acceptors (Lipinski definition) is 4. The van der Waals surface area contributed by atoms with Crippen LogP contribution in [0.1, 0.15) is 19.8 Å². The van der Waals surface area contributed by atoms with Crippen LogP contribution in [0.3, 0.4) is 0 Å². The van der Waals surface area contributed by atoms with E-state index in [0.29, 0.717) is 25.9 Å².